The number of halogens is 1. The minimum Gasteiger partial charge on any atom is -0.459 e. The molecule has 0 amide bonds. The fourth-order valence-corrected chi connectivity index (χ4v) is 6.54. The monoisotopic (exact) mass is 568 g/mol. The average molecular weight is 570 g/mol. The number of morpholine rings is 1. The Morgan fingerprint density at radius 3 is 1.94 bits per heavy atom. The Kier molecular flexibility index (Phi) is 7.30. The second kappa shape index (κ2) is 9.06. The summed E-state index contributed by atoms with van der Waals surface area (Å²) in [6.07, 6.45) is 2.77. The summed E-state index contributed by atoms with van der Waals surface area (Å²) in [5, 5.41) is 15.1. The van der Waals surface area contributed by atoms with Crippen molar-refractivity contribution in [2.24, 2.45) is 0 Å². The minimum absolute atomic E-state index is 0. The predicted octanol–water partition coefficient (Wildman–Crippen LogP) is 2.43. The predicted molar refractivity (Wildman–Crippen MR) is 127 cm³/mol. The van der Waals surface area contributed by atoms with E-state index in [-0.39, 0.29) is 23.1 Å². The van der Waals surface area contributed by atoms with Gasteiger partial charge >= 0.3 is 5.97 Å². The summed E-state index contributed by atoms with van der Waals surface area (Å²) in [4.78, 5) is 14.3. The Morgan fingerprint density at radius 2 is 1.56 bits per heavy atom. The molecule has 0 spiro atoms. The highest BCUT2D eigenvalue weighted by Crippen LogP contribution is 2.52. The quantitative estimate of drug-likeness (QED) is 0.252. The van der Waals surface area contributed by atoms with E-state index >= 15 is 0 Å². The van der Waals surface area contributed by atoms with Crippen LogP contribution in [0.25, 0.3) is 0 Å². The first-order chi connectivity index (χ1) is 14.4. The van der Waals surface area contributed by atoms with Crippen LogP contribution in [-0.4, -0.2) is 79.3 Å². The molecule has 0 aromatic carbocycles. The average Bonchev–Trinajstić information content (AvgIpc) is 3.01. The van der Waals surface area contributed by atoms with Crippen LogP contribution in [0, 0.1) is 0 Å². The number of carbonyl (C=O) groups is 1. The molecule has 0 radical (unpaired) electrons. The minimum atomic E-state index is -3.67. The third kappa shape index (κ3) is 4.83. The van der Waals surface area contributed by atoms with E-state index in [2.05, 4.69) is 14.1 Å². The number of carbonyl (C=O) groups excluding carboxylic acids is 1. The van der Waals surface area contributed by atoms with Crippen molar-refractivity contribution in [3.63, 3.8) is 0 Å². The van der Waals surface area contributed by atoms with E-state index < -0.39 is 21.7 Å². The highest BCUT2D eigenvalue weighted by atomic mass is 79.9. The third-order valence-electron chi connectivity index (χ3n) is 6.36. The van der Waals surface area contributed by atoms with Crippen LogP contribution in [0.3, 0.4) is 0 Å². The van der Waals surface area contributed by atoms with E-state index in [0.717, 1.165) is 17.3 Å². The lowest BCUT2D eigenvalue weighted by molar-refractivity contribution is -0.938. The number of rotatable bonds is 4. The molecular weight excluding hydrogens is 542 g/mol. The van der Waals surface area contributed by atoms with E-state index in [0.29, 0.717) is 40.3 Å². The summed E-state index contributed by atoms with van der Waals surface area (Å²) < 4.78 is 38.5. The van der Waals surface area contributed by atoms with Gasteiger partial charge in [-0.2, -0.15) is 8.42 Å². The molecule has 1 unspecified atom stereocenters. The van der Waals surface area contributed by atoms with Crippen molar-refractivity contribution >= 4 is 55.7 Å². The van der Waals surface area contributed by atoms with Crippen molar-refractivity contribution in [1.29, 1.82) is 0 Å². The van der Waals surface area contributed by atoms with Gasteiger partial charge in [0.1, 0.15) is 30.4 Å². The largest absolute Gasteiger partial charge is 0.459 e. The molecule has 2 aromatic rings. The molecule has 2 aromatic heterocycles. The van der Waals surface area contributed by atoms with E-state index in [9.17, 15) is 18.3 Å². The van der Waals surface area contributed by atoms with Gasteiger partial charge in [-0.05, 0) is 22.9 Å². The fourth-order valence-electron chi connectivity index (χ4n) is 4.83. The third-order valence-corrected chi connectivity index (χ3v) is 8.32. The molecule has 0 aliphatic carbocycles. The molecule has 5 atom stereocenters. The molecule has 5 heterocycles. The smallest absolute Gasteiger partial charge is 0.349 e. The van der Waals surface area contributed by atoms with Crippen LogP contribution in [0.1, 0.15) is 22.6 Å². The molecule has 3 aliphatic heterocycles. The first-order valence-electron chi connectivity index (χ1n) is 9.85. The number of ether oxygens (including phenoxy) is 2. The van der Waals surface area contributed by atoms with Gasteiger partial charge in [0.25, 0.3) is 10.1 Å². The number of fused-ring (bicyclic) bond motifs is 5. The molecule has 3 saturated heterocycles. The molecule has 12 heteroatoms. The van der Waals surface area contributed by atoms with E-state index in [4.69, 9.17) is 14.0 Å². The maximum Gasteiger partial charge on any atom is 0.349 e. The number of aliphatic hydroxyl groups is 1. The summed E-state index contributed by atoms with van der Waals surface area (Å²) in [7, 11) is 0.826. The number of nitrogens with zero attached hydrogens (tertiary/aromatic N) is 1. The zero-order valence-corrected chi connectivity index (χ0v) is 21.9. The Bertz CT molecular complexity index is 977. The van der Waals surface area contributed by atoms with Gasteiger partial charge in [0.15, 0.2) is 0 Å². The van der Waals surface area contributed by atoms with Gasteiger partial charge in [0, 0.05) is 12.8 Å². The van der Waals surface area contributed by atoms with Crippen molar-refractivity contribution in [1.82, 2.24) is 0 Å². The van der Waals surface area contributed by atoms with Crippen LogP contribution >= 0.6 is 39.7 Å². The van der Waals surface area contributed by atoms with Crippen molar-refractivity contribution in [3.05, 3.63) is 44.8 Å². The molecular formula is C20H27BrNO7S3+. The van der Waals surface area contributed by atoms with Gasteiger partial charge in [-0.15, -0.1) is 39.7 Å². The zero-order valence-electron chi connectivity index (χ0n) is 17.8. The lowest BCUT2D eigenvalue weighted by Crippen LogP contribution is -2.60. The molecule has 8 nitrogen and oxygen atoms in total. The SMILES string of the molecule is Br.CS(=O)(=O)O.C[N+]1(C)[C@@H]2CC(OC(=O)C(O)(c3cccs3)c3cccs3)C[C@H]1[C@@H]1O[C@@H]12. The van der Waals surface area contributed by atoms with Gasteiger partial charge < -0.3 is 19.1 Å². The van der Waals surface area contributed by atoms with Crippen molar-refractivity contribution in [2.75, 3.05) is 20.4 Å². The molecule has 2 N–H and O–H groups in total. The molecule has 178 valence electrons. The number of thiophene rings is 2. The normalized spacial score (nSPS) is 29.7. The maximum atomic E-state index is 13.1. The second-order valence-corrected chi connectivity index (χ2v) is 12.1. The summed E-state index contributed by atoms with van der Waals surface area (Å²) >= 11 is 2.74. The summed E-state index contributed by atoms with van der Waals surface area (Å²) in [5.41, 5.74) is -1.72. The van der Waals surface area contributed by atoms with Gasteiger partial charge in [0.05, 0.1) is 30.1 Å². The molecule has 32 heavy (non-hydrogen) atoms. The number of hydrogen-bond acceptors (Lipinski definition) is 8. The van der Waals surface area contributed by atoms with Crippen LogP contribution in [0.2, 0.25) is 0 Å². The molecule has 0 saturated carbocycles. The molecule has 3 fully saturated rings. The van der Waals surface area contributed by atoms with Gasteiger partial charge in [-0.3, -0.25) is 4.55 Å². The van der Waals surface area contributed by atoms with Crippen LogP contribution in [0.15, 0.2) is 35.0 Å². The second-order valence-electron chi connectivity index (χ2n) is 8.73. The molecule has 5 rings (SSSR count). The fraction of sp³-hybridized carbons (Fsp3) is 0.550. The summed E-state index contributed by atoms with van der Waals surface area (Å²) in [5.74, 6) is -0.561. The highest BCUT2D eigenvalue weighted by molar-refractivity contribution is 8.93. The van der Waals surface area contributed by atoms with Crippen molar-refractivity contribution in [3.8, 4) is 0 Å². The number of piperidine rings is 1. The van der Waals surface area contributed by atoms with Crippen LogP contribution in [0.4, 0.5) is 0 Å². The Balaban J connectivity index is 0.000000438. The van der Waals surface area contributed by atoms with Gasteiger partial charge in [0.2, 0.25) is 5.60 Å². The lowest BCUT2D eigenvalue weighted by atomic mass is 9.95. The van der Waals surface area contributed by atoms with Crippen LogP contribution in [0.5, 0.6) is 0 Å². The number of esters is 1. The highest BCUT2D eigenvalue weighted by Gasteiger charge is 2.71. The molecule has 2 bridgehead atoms. The maximum absolute atomic E-state index is 13.1. The van der Waals surface area contributed by atoms with Crippen molar-refractivity contribution < 1.29 is 36.8 Å². The Labute approximate surface area is 205 Å². The van der Waals surface area contributed by atoms with E-state index in [1.807, 2.05) is 22.9 Å². The number of epoxide rings is 1. The topological polar surface area (TPSA) is 113 Å². The number of quaternary nitrogens is 1. The van der Waals surface area contributed by atoms with Crippen LogP contribution < -0.4 is 0 Å². The Hall–Kier alpha value is -0.860. The summed E-state index contributed by atoms with van der Waals surface area (Å²) in [6.45, 7) is 0. The first-order valence-corrected chi connectivity index (χ1v) is 13.5. The Morgan fingerprint density at radius 1 is 1.12 bits per heavy atom. The summed E-state index contributed by atoms with van der Waals surface area (Å²) in [6, 6.07) is 8.01. The first kappa shape index (κ1) is 25.8. The van der Waals surface area contributed by atoms with Gasteiger partial charge in [-0.25, -0.2) is 4.79 Å². The van der Waals surface area contributed by atoms with Crippen LogP contribution in [-0.2, 0) is 30.0 Å². The van der Waals surface area contributed by atoms with Crippen molar-refractivity contribution in [2.45, 2.75) is 48.8 Å². The lowest BCUT2D eigenvalue weighted by Gasteiger charge is -2.45. The van der Waals surface area contributed by atoms with E-state index in [1.54, 1.807) is 12.1 Å². The number of hydrogen-bond donors (Lipinski definition) is 2. The molecule has 3 aliphatic rings. The zero-order chi connectivity index (χ0) is 22.6. The van der Waals surface area contributed by atoms with Gasteiger partial charge in [-0.1, -0.05) is 12.1 Å². The standard InChI is InChI=1S/C19H22NO4S2.CH4O3S.BrH/c1-20(2)12-9-11(10-13(20)17-16(12)24-17)23-18(21)19(22,14-5-3-7-25-14)15-6-4-8-26-15;1-5(2,3)4;/h3-8,11-13,16-17,22H,9-10H2,1-2H3;1H3,(H,2,3,4);1H/q+1;;/t11?,12-,13+,16-,17+;;. The number of likely N-dealkylation sites (N-methyl/N-ethyl adjacent to an activating group) is 1. The van der Waals surface area contributed by atoms with E-state index in [1.165, 1.54) is 22.7 Å².